The Kier molecular flexibility index (Phi) is 3.85. The average Bonchev–Trinajstić information content (AvgIpc) is 3.02. The fourth-order valence-corrected chi connectivity index (χ4v) is 3.90. The van der Waals surface area contributed by atoms with Gasteiger partial charge in [-0.25, -0.2) is 0 Å². The first kappa shape index (κ1) is 14.7. The molecule has 1 aromatic heterocycles. The third-order valence-electron chi connectivity index (χ3n) is 3.91. The standard InChI is InChI=1S/C21H15NOS/c23-21(16-11-5-2-6-12-16)22-19-17-13-7-8-14-18(17)24-20(19)15-9-3-1-4-10-15/h1-14H,(H,22,23). The molecule has 116 valence electrons. The van der Waals surface area contributed by atoms with Crippen LogP contribution in [0.25, 0.3) is 20.5 Å². The van der Waals surface area contributed by atoms with Crippen LogP contribution in [0.2, 0.25) is 0 Å². The van der Waals surface area contributed by atoms with Crippen LogP contribution < -0.4 is 5.32 Å². The van der Waals surface area contributed by atoms with Gasteiger partial charge in [-0.15, -0.1) is 11.3 Å². The molecule has 0 saturated heterocycles. The lowest BCUT2D eigenvalue weighted by Crippen LogP contribution is -2.11. The summed E-state index contributed by atoms with van der Waals surface area (Å²) in [7, 11) is 0. The molecule has 3 aromatic carbocycles. The molecular formula is C21H15NOS. The van der Waals surface area contributed by atoms with Gasteiger partial charge in [0.25, 0.3) is 5.91 Å². The predicted molar refractivity (Wildman–Crippen MR) is 102 cm³/mol. The summed E-state index contributed by atoms with van der Waals surface area (Å²) in [5, 5.41) is 4.19. The minimum Gasteiger partial charge on any atom is -0.320 e. The lowest BCUT2D eigenvalue weighted by Gasteiger charge is -2.08. The van der Waals surface area contributed by atoms with Crippen molar-refractivity contribution >= 4 is 33.0 Å². The Morgan fingerprint density at radius 1 is 0.750 bits per heavy atom. The first-order chi connectivity index (χ1) is 11.8. The normalized spacial score (nSPS) is 10.7. The number of anilines is 1. The molecule has 3 heteroatoms. The van der Waals surface area contributed by atoms with Gasteiger partial charge in [-0.05, 0) is 23.8 Å². The number of nitrogens with one attached hydrogen (secondary N) is 1. The molecule has 0 atom stereocenters. The molecule has 1 amide bonds. The van der Waals surface area contributed by atoms with Crippen molar-refractivity contribution in [2.45, 2.75) is 0 Å². The summed E-state index contributed by atoms with van der Waals surface area (Å²) >= 11 is 1.70. The zero-order valence-electron chi connectivity index (χ0n) is 12.9. The minimum atomic E-state index is -0.0867. The van der Waals surface area contributed by atoms with Crippen molar-refractivity contribution in [2.24, 2.45) is 0 Å². The van der Waals surface area contributed by atoms with E-state index in [4.69, 9.17) is 0 Å². The van der Waals surface area contributed by atoms with E-state index in [0.29, 0.717) is 5.56 Å². The van der Waals surface area contributed by atoms with Gasteiger partial charge in [0.1, 0.15) is 0 Å². The highest BCUT2D eigenvalue weighted by Gasteiger charge is 2.16. The summed E-state index contributed by atoms with van der Waals surface area (Å²) in [6.45, 7) is 0. The van der Waals surface area contributed by atoms with E-state index in [-0.39, 0.29) is 5.91 Å². The zero-order chi connectivity index (χ0) is 16.4. The Hall–Kier alpha value is -2.91. The van der Waals surface area contributed by atoms with Crippen LogP contribution in [0, 0.1) is 0 Å². The van der Waals surface area contributed by atoms with Crippen molar-refractivity contribution < 1.29 is 4.79 Å². The summed E-state index contributed by atoms with van der Waals surface area (Å²) in [5.41, 5.74) is 2.66. The van der Waals surface area contributed by atoms with Crippen LogP contribution in [0.5, 0.6) is 0 Å². The van der Waals surface area contributed by atoms with Crippen molar-refractivity contribution in [1.82, 2.24) is 0 Å². The van der Waals surface area contributed by atoms with Crippen LogP contribution in [0.15, 0.2) is 84.9 Å². The average molecular weight is 329 g/mol. The van der Waals surface area contributed by atoms with Gasteiger partial charge in [0.15, 0.2) is 0 Å². The van der Waals surface area contributed by atoms with Crippen molar-refractivity contribution in [3.63, 3.8) is 0 Å². The molecular weight excluding hydrogens is 314 g/mol. The highest BCUT2D eigenvalue weighted by Crippen LogP contribution is 2.42. The van der Waals surface area contributed by atoms with Gasteiger partial charge in [-0.2, -0.15) is 0 Å². The van der Waals surface area contributed by atoms with Crippen molar-refractivity contribution in [3.05, 3.63) is 90.5 Å². The maximum absolute atomic E-state index is 12.6. The van der Waals surface area contributed by atoms with Gasteiger partial charge in [-0.1, -0.05) is 66.7 Å². The third-order valence-corrected chi connectivity index (χ3v) is 5.13. The van der Waals surface area contributed by atoms with Gasteiger partial charge < -0.3 is 5.32 Å². The van der Waals surface area contributed by atoms with Crippen molar-refractivity contribution in [3.8, 4) is 10.4 Å². The molecule has 0 saturated carbocycles. The van der Waals surface area contributed by atoms with E-state index in [1.165, 1.54) is 4.70 Å². The molecule has 0 aliphatic rings. The molecule has 4 aromatic rings. The zero-order valence-corrected chi connectivity index (χ0v) is 13.7. The monoisotopic (exact) mass is 329 g/mol. The van der Waals surface area contributed by atoms with E-state index in [2.05, 4.69) is 29.6 Å². The van der Waals surface area contributed by atoms with Gasteiger partial charge in [0.2, 0.25) is 0 Å². The van der Waals surface area contributed by atoms with Gasteiger partial charge >= 0.3 is 0 Å². The molecule has 0 fully saturated rings. The lowest BCUT2D eigenvalue weighted by atomic mass is 10.1. The molecule has 0 spiro atoms. The maximum Gasteiger partial charge on any atom is 0.255 e. The molecule has 1 heterocycles. The Labute approximate surface area is 144 Å². The minimum absolute atomic E-state index is 0.0867. The number of hydrogen-bond donors (Lipinski definition) is 1. The summed E-state index contributed by atoms with van der Waals surface area (Å²) < 4.78 is 1.17. The number of fused-ring (bicyclic) bond motifs is 1. The summed E-state index contributed by atoms with van der Waals surface area (Å²) in [6, 6.07) is 27.7. The molecule has 0 unspecified atom stereocenters. The first-order valence-corrected chi connectivity index (χ1v) is 8.58. The number of hydrogen-bond acceptors (Lipinski definition) is 2. The van der Waals surface area contributed by atoms with E-state index in [9.17, 15) is 4.79 Å². The molecule has 4 rings (SSSR count). The predicted octanol–water partition coefficient (Wildman–Crippen LogP) is 5.82. The van der Waals surface area contributed by atoms with Crippen LogP contribution in [-0.4, -0.2) is 5.91 Å². The van der Waals surface area contributed by atoms with Crippen LogP contribution in [0.1, 0.15) is 10.4 Å². The smallest absolute Gasteiger partial charge is 0.255 e. The second-order valence-corrected chi connectivity index (χ2v) is 6.54. The van der Waals surface area contributed by atoms with E-state index >= 15 is 0 Å². The molecule has 0 aliphatic carbocycles. The van der Waals surface area contributed by atoms with E-state index in [0.717, 1.165) is 21.5 Å². The highest BCUT2D eigenvalue weighted by atomic mass is 32.1. The fourth-order valence-electron chi connectivity index (χ4n) is 2.74. The number of carbonyl (C=O) groups excluding carboxylic acids is 1. The molecule has 0 aliphatic heterocycles. The van der Waals surface area contributed by atoms with Gasteiger partial charge in [0.05, 0.1) is 10.6 Å². The topological polar surface area (TPSA) is 29.1 Å². The number of amides is 1. The van der Waals surface area contributed by atoms with Gasteiger partial charge in [-0.3, -0.25) is 4.79 Å². The van der Waals surface area contributed by atoms with Crippen LogP contribution >= 0.6 is 11.3 Å². The highest BCUT2D eigenvalue weighted by molar-refractivity contribution is 7.23. The Morgan fingerprint density at radius 2 is 1.38 bits per heavy atom. The maximum atomic E-state index is 12.6. The second kappa shape index (κ2) is 6.30. The molecule has 1 N–H and O–H groups in total. The first-order valence-electron chi connectivity index (χ1n) is 7.76. The SMILES string of the molecule is O=C(Nc1c(-c2ccccc2)sc2ccccc12)c1ccccc1. The summed E-state index contributed by atoms with van der Waals surface area (Å²) in [6.07, 6.45) is 0. The van der Waals surface area contributed by atoms with Crippen LogP contribution in [0.4, 0.5) is 5.69 Å². The fraction of sp³-hybridized carbons (Fsp3) is 0. The van der Waals surface area contributed by atoms with Gasteiger partial charge in [0, 0.05) is 15.6 Å². The van der Waals surface area contributed by atoms with E-state index in [1.807, 2.05) is 60.7 Å². The van der Waals surface area contributed by atoms with Crippen molar-refractivity contribution in [1.29, 1.82) is 0 Å². The molecule has 0 bridgehead atoms. The quantitative estimate of drug-likeness (QED) is 0.504. The van der Waals surface area contributed by atoms with Crippen molar-refractivity contribution in [2.75, 3.05) is 5.32 Å². The molecule has 24 heavy (non-hydrogen) atoms. The van der Waals surface area contributed by atoms with Crippen LogP contribution in [-0.2, 0) is 0 Å². The van der Waals surface area contributed by atoms with E-state index < -0.39 is 0 Å². The number of rotatable bonds is 3. The number of thiophene rings is 1. The summed E-state index contributed by atoms with van der Waals surface area (Å²) in [5.74, 6) is -0.0867. The molecule has 2 nitrogen and oxygen atoms in total. The summed E-state index contributed by atoms with van der Waals surface area (Å²) in [4.78, 5) is 13.7. The molecule has 0 radical (unpaired) electrons. The second-order valence-electron chi connectivity index (χ2n) is 5.49. The van der Waals surface area contributed by atoms with E-state index in [1.54, 1.807) is 11.3 Å². The number of benzene rings is 3. The number of carbonyl (C=O) groups is 1. The Bertz CT molecular complexity index is 990. The van der Waals surface area contributed by atoms with Crippen LogP contribution in [0.3, 0.4) is 0 Å². The third kappa shape index (κ3) is 2.70. The largest absolute Gasteiger partial charge is 0.320 e. The Balaban J connectivity index is 1.83. The lowest BCUT2D eigenvalue weighted by molar-refractivity contribution is 0.102. The Morgan fingerprint density at radius 3 is 2.12 bits per heavy atom.